The molecule has 5 nitrogen and oxygen atoms in total. The third kappa shape index (κ3) is 3.82. The lowest BCUT2D eigenvalue weighted by atomic mass is 9.96. The minimum Gasteiger partial charge on any atom is -0.355 e. The molecule has 0 saturated carbocycles. The van der Waals surface area contributed by atoms with E-state index in [0.29, 0.717) is 26.2 Å². The van der Waals surface area contributed by atoms with E-state index in [9.17, 15) is 14.0 Å². The second kappa shape index (κ2) is 7.35. The van der Waals surface area contributed by atoms with Crippen LogP contribution in [0.3, 0.4) is 0 Å². The Bertz CT molecular complexity index is 562. The summed E-state index contributed by atoms with van der Waals surface area (Å²) in [6.07, 6.45) is 1.47. The van der Waals surface area contributed by atoms with Gasteiger partial charge in [-0.15, -0.1) is 0 Å². The Morgan fingerprint density at radius 2 is 2.23 bits per heavy atom. The lowest BCUT2D eigenvalue weighted by Gasteiger charge is -2.32. The first-order valence-electron chi connectivity index (χ1n) is 7.56. The van der Waals surface area contributed by atoms with Crippen LogP contribution in [0.25, 0.3) is 0 Å². The van der Waals surface area contributed by atoms with Crippen molar-refractivity contribution < 1.29 is 14.0 Å². The lowest BCUT2D eigenvalue weighted by molar-refractivity contribution is -0.126. The van der Waals surface area contributed by atoms with Crippen LogP contribution < -0.4 is 11.1 Å². The molecule has 1 aromatic rings. The van der Waals surface area contributed by atoms with Gasteiger partial charge in [-0.3, -0.25) is 9.59 Å². The molecule has 1 heterocycles. The smallest absolute Gasteiger partial charge is 0.256 e. The highest BCUT2D eigenvalue weighted by Gasteiger charge is 2.29. The van der Waals surface area contributed by atoms with Gasteiger partial charge in [0.15, 0.2) is 0 Å². The van der Waals surface area contributed by atoms with Gasteiger partial charge in [-0.1, -0.05) is 6.07 Å². The molecule has 1 aliphatic heterocycles. The van der Waals surface area contributed by atoms with E-state index in [-0.39, 0.29) is 23.3 Å². The predicted octanol–water partition coefficient (Wildman–Crippen LogP) is 1.06. The van der Waals surface area contributed by atoms with Gasteiger partial charge in [0.25, 0.3) is 5.91 Å². The van der Waals surface area contributed by atoms with E-state index in [1.807, 2.05) is 0 Å². The third-order valence-electron chi connectivity index (χ3n) is 3.88. The number of aryl methyl sites for hydroxylation is 1. The summed E-state index contributed by atoms with van der Waals surface area (Å²) in [5.41, 5.74) is 6.20. The summed E-state index contributed by atoms with van der Waals surface area (Å²) in [6.45, 7) is 3.46. The molecular weight excluding hydrogens is 285 g/mol. The minimum absolute atomic E-state index is 0.0635. The van der Waals surface area contributed by atoms with Crippen LogP contribution in [0.4, 0.5) is 4.39 Å². The van der Waals surface area contributed by atoms with E-state index in [1.54, 1.807) is 17.9 Å². The Morgan fingerprint density at radius 1 is 1.45 bits per heavy atom. The third-order valence-corrected chi connectivity index (χ3v) is 3.88. The second-order valence-electron chi connectivity index (χ2n) is 5.65. The van der Waals surface area contributed by atoms with E-state index in [2.05, 4.69) is 5.32 Å². The SMILES string of the molecule is Cc1ccc(C(=O)N2CCCC(C(=O)NCCN)C2)c(F)c1. The minimum atomic E-state index is -0.514. The van der Waals surface area contributed by atoms with Gasteiger partial charge in [0.2, 0.25) is 5.91 Å². The Morgan fingerprint density at radius 3 is 2.91 bits per heavy atom. The lowest BCUT2D eigenvalue weighted by Crippen LogP contribution is -2.46. The zero-order valence-corrected chi connectivity index (χ0v) is 12.8. The van der Waals surface area contributed by atoms with Crippen molar-refractivity contribution >= 4 is 11.8 Å². The zero-order chi connectivity index (χ0) is 16.1. The molecule has 22 heavy (non-hydrogen) atoms. The monoisotopic (exact) mass is 307 g/mol. The summed E-state index contributed by atoms with van der Waals surface area (Å²) >= 11 is 0. The van der Waals surface area contributed by atoms with E-state index < -0.39 is 5.82 Å². The van der Waals surface area contributed by atoms with Crippen LogP contribution in [-0.4, -0.2) is 42.9 Å². The number of hydrogen-bond acceptors (Lipinski definition) is 3. The molecule has 6 heteroatoms. The van der Waals surface area contributed by atoms with Crippen molar-refractivity contribution in [3.63, 3.8) is 0 Å². The maximum Gasteiger partial charge on any atom is 0.256 e. The van der Waals surface area contributed by atoms with Crippen LogP contribution in [0.5, 0.6) is 0 Å². The molecule has 1 aromatic carbocycles. The first-order valence-corrected chi connectivity index (χ1v) is 7.56. The highest BCUT2D eigenvalue weighted by Crippen LogP contribution is 2.20. The van der Waals surface area contributed by atoms with Crippen molar-refractivity contribution in [1.82, 2.24) is 10.2 Å². The number of amides is 2. The van der Waals surface area contributed by atoms with Crippen molar-refractivity contribution in [3.8, 4) is 0 Å². The maximum atomic E-state index is 13.9. The normalized spacial score (nSPS) is 18.1. The molecule has 1 fully saturated rings. The van der Waals surface area contributed by atoms with Gasteiger partial charge in [0, 0.05) is 26.2 Å². The van der Waals surface area contributed by atoms with Gasteiger partial charge < -0.3 is 16.0 Å². The van der Waals surface area contributed by atoms with Crippen molar-refractivity contribution in [2.24, 2.45) is 11.7 Å². The predicted molar refractivity (Wildman–Crippen MR) is 81.8 cm³/mol. The Balaban J connectivity index is 2.05. The van der Waals surface area contributed by atoms with Crippen molar-refractivity contribution in [3.05, 3.63) is 35.1 Å². The Kier molecular flexibility index (Phi) is 5.49. The number of carbonyl (C=O) groups excluding carboxylic acids is 2. The standard InChI is InChI=1S/C16H22FN3O2/c1-11-4-5-13(14(17)9-11)16(22)20-8-2-3-12(10-20)15(21)19-7-6-18/h4-5,9,12H,2-3,6-8,10,18H2,1H3,(H,19,21). The van der Waals surface area contributed by atoms with Crippen LogP contribution in [0.2, 0.25) is 0 Å². The summed E-state index contributed by atoms with van der Waals surface area (Å²) in [7, 11) is 0. The summed E-state index contributed by atoms with van der Waals surface area (Å²) < 4.78 is 13.9. The number of nitrogens with one attached hydrogen (secondary N) is 1. The van der Waals surface area contributed by atoms with Crippen LogP contribution in [0, 0.1) is 18.7 Å². The van der Waals surface area contributed by atoms with Gasteiger partial charge in [0.05, 0.1) is 11.5 Å². The van der Waals surface area contributed by atoms with Gasteiger partial charge >= 0.3 is 0 Å². The van der Waals surface area contributed by atoms with Crippen LogP contribution in [0.15, 0.2) is 18.2 Å². The first-order chi connectivity index (χ1) is 10.5. The van der Waals surface area contributed by atoms with Crippen molar-refractivity contribution in [1.29, 1.82) is 0 Å². The number of likely N-dealkylation sites (tertiary alicyclic amines) is 1. The second-order valence-corrected chi connectivity index (χ2v) is 5.65. The quantitative estimate of drug-likeness (QED) is 0.873. The molecule has 0 aromatic heterocycles. The van der Waals surface area contributed by atoms with E-state index in [1.165, 1.54) is 12.1 Å². The average molecular weight is 307 g/mol. The molecule has 0 radical (unpaired) electrons. The fraction of sp³-hybridized carbons (Fsp3) is 0.500. The van der Waals surface area contributed by atoms with E-state index >= 15 is 0 Å². The van der Waals surface area contributed by atoms with E-state index in [4.69, 9.17) is 5.73 Å². The zero-order valence-electron chi connectivity index (χ0n) is 12.8. The molecule has 0 aliphatic carbocycles. The molecule has 3 N–H and O–H groups in total. The largest absolute Gasteiger partial charge is 0.355 e. The number of benzene rings is 1. The maximum absolute atomic E-state index is 13.9. The molecule has 2 rings (SSSR count). The molecule has 2 amide bonds. The van der Waals surface area contributed by atoms with Gasteiger partial charge in [0.1, 0.15) is 5.82 Å². The molecule has 120 valence electrons. The van der Waals surface area contributed by atoms with Gasteiger partial charge in [-0.2, -0.15) is 0 Å². The van der Waals surface area contributed by atoms with Gasteiger partial charge in [-0.05, 0) is 37.5 Å². The number of hydrogen-bond donors (Lipinski definition) is 2. The summed E-state index contributed by atoms with van der Waals surface area (Å²) in [5.74, 6) is -1.21. The van der Waals surface area contributed by atoms with E-state index in [0.717, 1.165) is 18.4 Å². The molecular formula is C16H22FN3O2. The number of nitrogens with zero attached hydrogens (tertiary/aromatic N) is 1. The summed E-state index contributed by atoms with van der Waals surface area (Å²) in [6, 6.07) is 4.57. The highest BCUT2D eigenvalue weighted by atomic mass is 19.1. The molecule has 0 spiro atoms. The first kappa shape index (κ1) is 16.4. The number of piperidine rings is 1. The Labute approximate surface area is 129 Å². The number of nitrogens with two attached hydrogens (primary N) is 1. The number of rotatable bonds is 4. The van der Waals surface area contributed by atoms with Crippen molar-refractivity contribution in [2.75, 3.05) is 26.2 Å². The number of halogens is 1. The highest BCUT2D eigenvalue weighted by molar-refractivity contribution is 5.95. The molecule has 1 saturated heterocycles. The van der Waals surface area contributed by atoms with Crippen molar-refractivity contribution in [2.45, 2.75) is 19.8 Å². The Hall–Kier alpha value is -1.95. The van der Waals surface area contributed by atoms with Crippen LogP contribution in [-0.2, 0) is 4.79 Å². The summed E-state index contributed by atoms with van der Waals surface area (Å²) in [5, 5.41) is 2.74. The molecule has 1 unspecified atom stereocenters. The average Bonchev–Trinajstić information content (AvgIpc) is 2.52. The molecule has 1 aliphatic rings. The fourth-order valence-corrected chi connectivity index (χ4v) is 2.68. The van der Waals surface area contributed by atoms with Gasteiger partial charge in [-0.25, -0.2) is 4.39 Å². The molecule has 1 atom stereocenters. The number of carbonyl (C=O) groups is 2. The fourth-order valence-electron chi connectivity index (χ4n) is 2.68. The molecule has 0 bridgehead atoms. The topological polar surface area (TPSA) is 75.4 Å². The summed E-state index contributed by atoms with van der Waals surface area (Å²) in [4.78, 5) is 26.0. The van der Waals surface area contributed by atoms with Crippen LogP contribution >= 0.6 is 0 Å². The van der Waals surface area contributed by atoms with Crippen LogP contribution in [0.1, 0.15) is 28.8 Å².